The van der Waals surface area contributed by atoms with Crippen molar-refractivity contribution in [3.8, 4) is 0 Å². The van der Waals surface area contributed by atoms with Gasteiger partial charge in [-0.15, -0.1) is 9.66 Å². The molecule has 0 radical (unpaired) electrons. The van der Waals surface area contributed by atoms with Gasteiger partial charge in [0.1, 0.15) is 0 Å². The minimum absolute atomic E-state index is 0.204. The molecule has 0 aliphatic carbocycles. The Kier molecular flexibility index (Phi) is 6.14. The average Bonchev–Trinajstić information content (AvgIpc) is 2.18. The molecule has 0 aliphatic heterocycles. The number of hydrogen-bond donors (Lipinski definition) is 4. The summed E-state index contributed by atoms with van der Waals surface area (Å²) in [6.45, 7) is -1.26. The minimum Gasteiger partial charge on any atom is -0.464 e. The largest absolute Gasteiger partial charge is 0.464 e. The SMILES string of the molecule is CS(=O)(=O)NN(CCN(NS(C)(=O)=O)C(=O)O)C(=O)O. The first-order chi connectivity index (χ1) is 8.82. The molecule has 0 bridgehead atoms. The molecule has 0 heterocycles. The Morgan fingerprint density at radius 2 is 1.10 bits per heavy atom. The summed E-state index contributed by atoms with van der Waals surface area (Å²) in [6.07, 6.45) is -1.96. The molecule has 0 aromatic carbocycles. The lowest BCUT2D eigenvalue weighted by atomic mass is 10.6. The number of amides is 2. The van der Waals surface area contributed by atoms with Gasteiger partial charge in [0.15, 0.2) is 0 Å². The van der Waals surface area contributed by atoms with Gasteiger partial charge in [-0.2, -0.15) is 0 Å². The highest BCUT2D eigenvalue weighted by molar-refractivity contribution is 7.88. The van der Waals surface area contributed by atoms with Crippen LogP contribution in [0.15, 0.2) is 0 Å². The van der Waals surface area contributed by atoms with Gasteiger partial charge in [0.05, 0.1) is 25.6 Å². The first kappa shape index (κ1) is 18.4. The summed E-state index contributed by atoms with van der Waals surface area (Å²) in [4.78, 5) is 24.7. The Bertz CT molecular complexity index is 518. The first-order valence-electron chi connectivity index (χ1n) is 4.77. The monoisotopic (exact) mass is 334 g/mol. The molecular formula is C6H14N4O8S2. The molecule has 12 nitrogen and oxygen atoms in total. The third-order valence-electron chi connectivity index (χ3n) is 1.56. The maximum atomic E-state index is 10.9. The third-order valence-corrected chi connectivity index (χ3v) is 2.67. The zero-order chi connectivity index (χ0) is 16.1. The van der Waals surface area contributed by atoms with E-state index in [1.165, 1.54) is 0 Å². The number of hydrogen-bond acceptors (Lipinski definition) is 6. The Morgan fingerprint density at radius 3 is 1.25 bits per heavy atom. The topological polar surface area (TPSA) is 173 Å². The van der Waals surface area contributed by atoms with Crippen molar-refractivity contribution in [2.75, 3.05) is 25.6 Å². The van der Waals surface area contributed by atoms with Crippen molar-refractivity contribution < 1.29 is 36.6 Å². The number of hydrazine groups is 2. The van der Waals surface area contributed by atoms with Gasteiger partial charge in [0.2, 0.25) is 20.0 Å². The fraction of sp³-hybridized carbons (Fsp3) is 0.667. The molecule has 118 valence electrons. The molecule has 14 heteroatoms. The number of rotatable bonds is 7. The van der Waals surface area contributed by atoms with E-state index in [-0.39, 0.29) is 10.0 Å². The van der Waals surface area contributed by atoms with E-state index in [2.05, 4.69) is 0 Å². The molecule has 0 saturated heterocycles. The molecule has 0 fully saturated rings. The van der Waals surface area contributed by atoms with Gasteiger partial charge < -0.3 is 10.2 Å². The van der Waals surface area contributed by atoms with Crippen LogP contribution < -0.4 is 9.66 Å². The van der Waals surface area contributed by atoms with Gasteiger partial charge in [-0.3, -0.25) is 0 Å². The minimum atomic E-state index is -3.88. The second-order valence-corrected chi connectivity index (χ2v) is 7.05. The Labute approximate surface area is 115 Å². The number of sulfonamides is 2. The molecule has 0 aromatic heterocycles. The van der Waals surface area contributed by atoms with Crippen molar-refractivity contribution in [3.05, 3.63) is 0 Å². The summed E-state index contributed by atoms with van der Waals surface area (Å²) in [5.41, 5.74) is 0. The standard InChI is InChI=1S/C6H14N4O8S2/c1-19(15,16)7-9(5(11)12)3-4-10(6(13)14)8-20(2,17)18/h7-8H,3-4H2,1-2H3,(H,11,12)(H,13,14). The lowest BCUT2D eigenvalue weighted by Gasteiger charge is -2.23. The molecule has 0 spiro atoms. The molecule has 4 N–H and O–H groups in total. The summed E-state index contributed by atoms with van der Waals surface area (Å²) in [6, 6.07) is 0. The van der Waals surface area contributed by atoms with Crippen molar-refractivity contribution in [2.45, 2.75) is 0 Å². The van der Waals surface area contributed by atoms with Gasteiger partial charge in [-0.1, -0.05) is 0 Å². The van der Waals surface area contributed by atoms with Crippen molar-refractivity contribution >= 4 is 32.2 Å². The normalized spacial score (nSPS) is 11.9. The van der Waals surface area contributed by atoms with Crippen molar-refractivity contribution in [1.29, 1.82) is 0 Å². The van der Waals surface area contributed by atoms with Crippen LogP contribution in [0.1, 0.15) is 0 Å². The number of carboxylic acid groups (broad SMARTS) is 2. The van der Waals surface area contributed by atoms with Crippen LogP contribution in [0.5, 0.6) is 0 Å². The maximum Gasteiger partial charge on any atom is 0.422 e. The second kappa shape index (κ2) is 6.69. The predicted molar refractivity (Wildman–Crippen MR) is 65.4 cm³/mol. The zero-order valence-corrected chi connectivity index (χ0v) is 12.1. The summed E-state index contributed by atoms with van der Waals surface area (Å²) >= 11 is 0. The van der Waals surface area contributed by atoms with Gasteiger partial charge in [-0.05, 0) is 0 Å². The van der Waals surface area contributed by atoms with Crippen molar-refractivity contribution in [2.24, 2.45) is 0 Å². The number of nitrogens with zero attached hydrogens (tertiary/aromatic N) is 2. The molecular weight excluding hydrogens is 320 g/mol. The van der Waals surface area contributed by atoms with E-state index in [9.17, 15) is 26.4 Å². The zero-order valence-electron chi connectivity index (χ0n) is 10.5. The first-order valence-corrected chi connectivity index (χ1v) is 8.56. The van der Waals surface area contributed by atoms with Crippen LogP contribution in [0, 0.1) is 0 Å². The van der Waals surface area contributed by atoms with E-state index in [0.717, 1.165) is 0 Å². The molecule has 0 aliphatic rings. The summed E-state index contributed by atoms with van der Waals surface area (Å²) in [5, 5.41) is 17.8. The quantitative estimate of drug-likeness (QED) is 0.382. The molecule has 0 unspecified atom stereocenters. The molecule has 0 atom stereocenters. The fourth-order valence-corrected chi connectivity index (χ4v) is 2.10. The highest BCUT2D eigenvalue weighted by atomic mass is 32.2. The summed E-state index contributed by atoms with van der Waals surface area (Å²) in [5.74, 6) is 0. The van der Waals surface area contributed by atoms with E-state index in [4.69, 9.17) is 10.2 Å². The lowest BCUT2D eigenvalue weighted by Crippen LogP contribution is -2.52. The summed E-state index contributed by atoms with van der Waals surface area (Å²) in [7, 11) is -7.76. The maximum absolute atomic E-state index is 10.9. The number of carbonyl (C=O) groups is 2. The lowest BCUT2D eigenvalue weighted by molar-refractivity contribution is 0.111. The fourth-order valence-electron chi connectivity index (χ4n) is 0.961. The van der Waals surface area contributed by atoms with Crippen LogP contribution in [-0.4, -0.2) is 74.9 Å². The highest BCUT2D eigenvalue weighted by Crippen LogP contribution is 1.93. The molecule has 0 aromatic rings. The average molecular weight is 334 g/mol. The van der Waals surface area contributed by atoms with E-state index in [1.54, 1.807) is 9.66 Å². The number of nitrogens with one attached hydrogen (secondary N) is 2. The molecule has 0 saturated carbocycles. The molecule has 20 heavy (non-hydrogen) atoms. The van der Waals surface area contributed by atoms with Crippen LogP contribution >= 0.6 is 0 Å². The van der Waals surface area contributed by atoms with Crippen LogP contribution in [-0.2, 0) is 20.0 Å². The van der Waals surface area contributed by atoms with Gasteiger partial charge in [0.25, 0.3) is 0 Å². The van der Waals surface area contributed by atoms with Crippen LogP contribution in [0.25, 0.3) is 0 Å². The highest BCUT2D eigenvalue weighted by Gasteiger charge is 2.21. The van der Waals surface area contributed by atoms with E-state index in [1.807, 2.05) is 0 Å². The van der Waals surface area contributed by atoms with Crippen LogP contribution in [0.4, 0.5) is 9.59 Å². The second-order valence-electron chi connectivity index (χ2n) is 3.60. The third kappa shape index (κ3) is 8.46. The van der Waals surface area contributed by atoms with Crippen LogP contribution in [0.3, 0.4) is 0 Å². The van der Waals surface area contributed by atoms with E-state index < -0.39 is 45.3 Å². The van der Waals surface area contributed by atoms with Crippen molar-refractivity contribution in [1.82, 2.24) is 19.7 Å². The molecule has 0 rings (SSSR count). The van der Waals surface area contributed by atoms with E-state index in [0.29, 0.717) is 12.5 Å². The Hall–Kier alpha value is -1.64. The Morgan fingerprint density at radius 1 is 0.850 bits per heavy atom. The van der Waals surface area contributed by atoms with Crippen molar-refractivity contribution in [3.63, 3.8) is 0 Å². The molecule has 2 amide bonds. The van der Waals surface area contributed by atoms with Gasteiger partial charge in [-0.25, -0.2) is 36.4 Å². The van der Waals surface area contributed by atoms with Gasteiger partial charge in [0, 0.05) is 0 Å². The smallest absolute Gasteiger partial charge is 0.422 e. The Balaban J connectivity index is 4.81. The predicted octanol–water partition coefficient (Wildman–Crippen LogP) is -2.13. The van der Waals surface area contributed by atoms with Gasteiger partial charge >= 0.3 is 12.2 Å². The summed E-state index contributed by atoms with van der Waals surface area (Å²) < 4.78 is 43.6. The van der Waals surface area contributed by atoms with E-state index >= 15 is 0 Å². The van der Waals surface area contributed by atoms with Crippen LogP contribution in [0.2, 0.25) is 0 Å².